The van der Waals surface area contributed by atoms with Crippen molar-refractivity contribution in [3.8, 4) is 0 Å². The Balaban J connectivity index is 2.94. The highest BCUT2D eigenvalue weighted by Crippen LogP contribution is 2.13. The molecule has 19 heavy (non-hydrogen) atoms. The average molecular weight is 290 g/mol. The molecule has 1 aromatic rings. The summed E-state index contributed by atoms with van der Waals surface area (Å²) in [5.74, 6) is -0.926. The fourth-order valence-electron chi connectivity index (χ4n) is 1.50. The molecule has 0 saturated heterocycles. The highest BCUT2D eigenvalue weighted by atomic mass is 32.2. The number of esters is 1. The van der Waals surface area contributed by atoms with Crippen molar-refractivity contribution in [2.45, 2.75) is 12.7 Å². The zero-order chi connectivity index (χ0) is 14.5. The number of aryl methyl sites for hydroxylation is 1. The number of hydrogen-bond acceptors (Lipinski definition) is 6. The van der Waals surface area contributed by atoms with Crippen molar-refractivity contribution in [1.29, 1.82) is 0 Å². The van der Waals surface area contributed by atoms with Gasteiger partial charge in [0.25, 0.3) is 0 Å². The summed E-state index contributed by atoms with van der Waals surface area (Å²) in [4.78, 5) is 11.7. The third-order valence-corrected chi connectivity index (χ3v) is 4.01. The lowest BCUT2D eigenvalue weighted by molar-refractivity contribution is 0.0525. The predicted molar refractivity (Wildman–Crippen MR) is 68.5 cm³/mol. The van der Waals surface area contributed by atoms with Crippen molar-refractivity contribution >= 4 is 15.8 Å². The third kappa shape index (κ3) is 4.32. The molecule has 1 rings (SSSR count). The standard InChI is InChI=1S/C11H18N2O5S/c1-4-18-11(14)9-7-12-13(2)10(9)8-19(15,16)6-5-17-3/h7H,4-6,8H2,1-3H3. The molecule has 0 aliphatic carbocycles. The van der Waals surface area contributed by atoms with Crippen LogP contribution in [0.3, 0.4) is 0 Å². The van der Waals surface area contributed by atoms with Gasteiger partial charge < -0.3 is 9.47 Å². The van der Waals surface area contributed by atoms with Crippen molar-refractivity contribution in [2.75, 3.05) is 26.1 Å². The summed E-state index contributed by atoms with van der Waals surface area (Å²) in [6.45, 7) is 2.03. The summed E-state index contributed by atoms with van der Waals surface area (Å²) < 4.78 is 34.7. The number of methoxy groups -OCH3 is 1. The first-order chi connectivity index (χ1) is 8.91. The van der Waals surface area contributed by atoms with Gasteiger partial charge in [-0.05, 0) is 6.92 Å². The molecule has 0 fully saturated rings. The minimum Gasteiger partial charge on any atom is -0.462 e. The number of sulfone groups is 1. The van der Waals surface area contributed by atoms with Gasteiger partial charge in [0.15, 0.2) is 9.84 Å². The largest absolute Gasteiger partial charge is 0.462 e. The predicted octanol–water partition coefficient (Wildman–Crippen LogP) is 0.158. The number of carbonyl (C=O) groups excluding carboxylic acids is 1. The molecular weight excluding hydrogens is 272 g/mol. The lowest BCUT2D eigenvalue weighted by Crippen LogP contribution is -2.18. The summed E-state index contributed by atoms with van der Waals surface area (Å²) in [5, 5.41) is 3.90. The molecule has 1 heterocycles. The summed E-state index contributed by atoms with van der Waals surface area (Å²) in [6.07, 6.45) is 1.32. The fraction of sp³-hybridized carbons (Fsp3) is 0.636. The Morgan fingerprint density at radius 1 is 1.47 bits per heavy atom. The first-order valence-electron chi connectivity index (χ1n) is 5.78. The van der Waals surface area contributed by atoms with Crippen LogP contribution in [0.5, 0.6) is 0 Å². The number of nitrogens with zero attached hydrogens (tertiary/aromatic N) is 2. The third-order valence-electron chi connectivity index (χ3n) is 2.51. The lowest BCUT2D eigenvalue weighted by atomic mass is 10.3. The van der Waals surface area contributed by atoms with Gasteiger partial charge in [0.1, 0.15) is 5.56 Å². The molecule has 0 amide bonds. The van der Waals surface area contributed by atoms with Crippen LogP contribution in [0, 0.1) is 0 Å². The van der Waals surface area contributed by atoms with Gasteiger partial charge in [0.05, 0.1) is 36.6 Å². The van der Waals surface area contributed by atoms with E-state index in [0.29, 0.717) is 5.69 Å². The molecule has 0 aliphatic heterocycles. The van der Waals surface area contributed by atoms with Crippen molar-refractivity contribution in [3.63, 3.8) is 0 Å². The fourth-order valence-corrected chi connectivity index (χ4v) is 2.83. The maximum atomic E-state index is 11.9. The molecule has 0 aliphatic rings. The molecule has 0 unspecified atom stereocenters. The number of ether oxygens (including phenoxy) is 2. The molecule has 0 aromatic carbocycles. The van der Waals surface area contributed by atoms with Crippen molar-refractivity contribution in [1.82, 2.24) is 9.78 Å². The van der Waals surface area contributed by atoms with Crippen LogP contribution >= 0.6 is 0 Å². The van der Waals surface area contributed by atoms with Crippen LogP contribution < -0.4 is 0 Å². The van der Waals surface area contributed by atoms with Crippen LogP contribution in [0.2, 0.25) is 0 Å². The molecule has 0 spiro atoms. The van der Waals surface area contributed by atoms with Crippen LogP contribution in [-0.4, -0.2) is 50.2 Å². The molecule has 8 heteroatoms. The van der Waals surface area contributed by atoms with E-state index in [1.165, 1.54) is 18.0 Å². The second kappa shape index (κ2) is 6.67. The van der Waals surface area contributed by atoms with Gasteiger partial charge >= 0.3 is 5.97 Å². The van der Waals surface area contributed by atoms with E-state index in [2.05, 4.69) is 5.10 Å². The zero-order valence-electron chi connectivity index (χ0n) is 11.2. The molecule has 0 radical (unpaired) electrons. The average Bonchev–Trinajstić information content (AvgIpc) is 2.68. The van der Waals surface area contributed by atoms with E-state index in [-0.39, 0.29) is 30.3 Å². The minimum atomic E-state index is -3.35. The first-order valence-corrected chi connectivity index (χ1v) is 7.60. The van der Waals surface area contributed by atoms with E-state index < -0.39 is 15.8 Å². The molecule has 0 saturated carbocycles. The SMILES string of the molecule is CCOC(=O)c1cnn(C)c1CS(=O)(=O)CCOC. The van der Waals surface area contributed by atoms with Crippen LogP contribution in [0.15, 0.2) is 6.20 Å². The summed E-state index contributed by atoms with van der Waals surface area (Å²) in [7, 11) is -0.332. The summed E-state index contributed by atoms with van der Waals surface area (Å²) >= 11 is 0. The van der Waals surface area contributed by atoms with Crippen LogP contribution in [-0.2, 0) is 32.1 Å². The summed E-state index contributed by atoms with van der Waals surface area (Å²) in [5.41, 5.74) is 0.514. The van der Waals surface area contributed by atoms with Gasteiger partial charge in [0.2, 0.25) is 0 Å². The van der Waals surface area contributed by atoms with Gasteiger partial charge in [-0.3, -0.25) is 4.68 Å². The van der Waals surface area contributed by atoms with E-state index >= 15 is 0 Å². The van der Waals surface area contributed by atoms with Gasteiger partial charge in [-0.1, -0.05) is 0 Å². The molecule has 0 atom stereocenters. The Kier molecular flexibility index (Phi) is 5.49. The van der Waals surface area contributed by atoms with Crippen molar-refractivity contribution in [3.05, 3.63) is 17.5 Å². The highest BCUT2D eigenvalue weighted by Gasteiger charge is 2.22. The first kappa shape index (κ1) is 15.6. The normalized spacial score (nSPS) is 11.5. The molecular formula is C11H18N2O5S. The molecule has 0 N–H and O–H groups in total. The van der Waals surface area contributed by atoms with E-state index in [0.717, 1.165) is 0 Å². The molecule has 1 aromatic heterocycles. The topological polar surface area (TPSA) is 87.5 Å². The number of hydrogen-bond donors (Lipinski definition) is 0. The second-order valence-corrected chi connectivity index (χ2v) is 6.12. The monoisotopic (exact) mass is 290 g/mol. The van der Waals surface area contributed by atoms with Gasteiger partial charge in [-0.2, -0.15) is 5.10 Å². The van der Waals surface area contributed by atoms with Crippen molar-refractivity contribution in [2.24, 2.45) is 7.05 Å². The van der Waals surface area contributed by atoms with E-state index in [4.69, 9.17) is 9.47 Å². The Bertz CT molecular complexity index is 535. The van der Waals surface area contributed by atoms with Gasteiger partial charge in [-0.15, -0.1) is 0 Å². The van der Waals surface area contributed by atoms with Gasteiger partial charge in [-0.25, -0.2) is 13.2 Å². The Hall–Kier alpha value is -1.41. The zero-order valence-corrected chi connectivity index (χ0v) is 12.1. The van der Waals surface area contributed by atoms with E-state index in [1.54, 1.807) is 14.0 Å². The molecule has 7 nitrogen and oxygen atoms in total. The molecule has 108 valence electrons. The van der Waals surface area contributed by atoms with Crippen LogP contribution in [0.1, 0.15) is 23.0 Å². The van der Waals surface area contributed by atoms with Crippen LogP contribution in [0.4, 0.5) is 0 Å². The minimum absolute atomic E-state index is 0.100. The van der Waals surface area contributed by atoms with Gasteiger partial charge in [0, 0.05) is 14.2 Å². The Morgan fingerprint density at radius 3 is 2.74 bits per heavy atom. The highest BCUT2D eigenvalue weighted by molar-refractivity contribution is 7.90. The van der Waals surface area contributed by atoms with E-state index in [9.17, 15) is 13.2 Å². The van der Waals surface area contributed by atoms with E-state index in [1.807, 2.05) is 0 Å². The quantitative estimate of drug-likeness (QED) is 0.665. The van der Waals surface area contributed by atoms with Crippen molar-refractivity contribution < 1.29 is 22.7 Å². The maximum absolute atomic E-state index is 11.9. The lowest BCUT2D eigenvalue weighted by Gasteiger charge is -2.07. The molecule has 0 bridgehead atoms. The summed E-state index contributed by atoms with van der Waals surface area (Å²) in [6, 6.07) is 0. The Labute approximate surface area is 112 Å². The maximum Gasteiger partial charge on any atom is 0.341 e. The number of aromatic nitrogens is 2. The Morgan fingerprint density at radius 2 is 2.16 bits per heavy atom. The van der Waals surface area contributed by atoms with Crippen LogP contribution in [0.25, 0.3) is 0 Å². The number of carbonyl (C=O) groups is 1. The number of rotatable bonds is 7. The smallest absolute Gasteiger partial charge is 0.341 e. The second-order valence-electron chi connectivity index (χ2n) is 3.93.